The van der Waals surface area contributed by atoms with E-state index >= 15 is 0 Å². The molecule has 1 heterocycles. The molecule has 1 saturated carbocycles. The van der Waals surface area contributed by atoms with Crippen molar-refractivity contribution in [2.75, 3.05) is 6.54 Å². The highest BCUT2D eigenvalue weighted by Gasteiger charge is 2.18. The molecule has 0 saturated heterocycles. The minimum absolute atomic E-state index is 0.157. The Kier molecular flexibility index (Phi) is 4.11. The minimum Gasteiger partial charge on any atom is -0.335 e. The highest BCUT2D eigenvalue weighted by molar-refractivity contribution is 5.91. The van der Waals surface area contributed by atoms with Gasteiger partial charge < -0.3 is 10.3 Å². The SMILES string of the molecule is NCCn1cnc(C(=O)NOC2CCCC2)c1. The summed E-state index contributed by atoms with van der Waals surface area (Å²) in [5.74, 6) is -0.298. The molecule has 0 unspecified atom stereocenters. The second kappa shape index (κ2) is 5.79. The third-order valence-corrected chi connectivity index (χ3v) is 2.87. The second-order valence-electron chi connectivity index (χ2n) is 4.24. The van der Waals surface area contributed by atoms with Crippen LogP contribution in [0.2, 0.25) is 0 Å². The lowest BCUT2D eigenvalue weighted by Gasteiger charge is -2.09. The summed E-state index contributed by atoms with van der Waals surface area (Å²) in [4.78, 5) is 21.0. The molecular formula is C11H18N4O2. The average Bonchev–Trinajstić information content (AvgIpc) is 2.97. The molecule has 17 heavy (non-hydrogen) atoms. The number of nitrogens with zero attached hydrogens (tertiary/aromatic N) is 2. The Morgan fingerprint density at radius 3 is 3.06 bits per heavy atom. The van der Waals surface area contributed by atoms with Gasteiger partial charge in [-0.2, -0.15) is 0 Å². The number of aromatic nitrogens is 2. The zero-order valence-corrected chi connectivity index (χ0v) is 9.76. The topological polar surface area (TPSA) is 82.2 Å². The van der Waals surface area contributed by atoms with Crippen LogP contribution in [0.3, 0.4) is 0 Å². The number of hydrogen-bond donors (Lipinski definition) is 2. The molecule has 0 spiro atoms. The molecule has 6 heteroatoms. The van der Waals surface area contributed by atoms with E-state index in [1.165, 1.54) is 12.8 Å². The van der Waals surface area contributed by atoms with Gasteiger partial charge in [0, 0.05) is 19.3 Å². The van der Waals surface area contributed by atoms with Gasteiger partial charge in [0.15, 0.2) is 0 Å². The van der Waals surface area contributed by atoms with E-state index in [9.17, 15) is 4.79 Å². The Morgan fingerprint density at radius 2 is 2.35 bits per heavy atom. The molecule has 6 nitrogen and oxygen atoms in total. The molecule has 1 aliphatic carbocycles. The number of nitrogens with two attached hydrogens (primary N) is 1. The number of amides is 1. The summed E-state index contributed by atoms with van der Waals surface area (Å²) in [7, 11) is 0. The van der Waals surface area contributed by atoms with Crippen LogP contribution in [-0.4, -0.2) is 28.1 Å². The lowest BCUT2D eigenvalue weighted by molar-refractivity contribution is -0.0127. The van der Waals surface area contributed by atoms with Gasteiger partial charge in [0.1, 0.15) is 5.69 Å². The van der Waals surface area contributed by atoms with Gasteiger partial charge >= 0.3 is 0 Å². The van der Waals surface area contributed by atoms with Gasteiger partial charge in [-0.05, 0) is 12.8 Å². The number of carbonyl (C=O) groups is 1. The van der Waals surface area contributed by atoms with Gasteiger partial charge in [-0.15, -0.1) is 0 Å². The maximum Gasteiger partial charge on any atom is 0.295 e. The summed E-state index contributed by atoms with van der Waals surface area (Å²) in [6.45, 7) is 1.18. The molecule has 1 aliphatic rings. The molecule has 1 fully saturated rings. The fourth-order valence-electron chi connectivity index (χ4n) is 1.94. The monoisotopic (exact) mass is 238 g/mol. The van der Waals surface area contributed by atoms with Crippen molar-refractivity contribution in [3.05, 3.63) is 18.2 Å². The summed E-state index contributed by atoms with van der Waals surface area (Å²) in [6, 6.07) is 0. The molecule has 0 aromatic carbocycles. The van der Waals surface area contributed by atoms with Crippen LogP contribution in [0.25, 0.3) is 0 Å². The van der Waals surface area contributed by atoms with Crippen molar-refractivity contribution in [1.82, 2.24) is 15.0 Å². The fraction of sp³-hybridized carbons (Fsp3) is 0.636. The molecule has 0 bridgehead atoms. The fourth-order valence-corrected chi connectivity index (χ4v) is 1.94. The van der Waals surface area contributed by atoms with E-state index in [0.29, 0.717) is 18.8 Å². The summed E-state index contributed by atoms with van der Waals surface area (Å²) in [6.07, 6.45) is 7.80. The molecule has 1 aromatic heterocycles. The maximum atomic E-state index is 11.7. The van der Waals surface area contributed by atoms with E-state index in [0.717, 1.165) is 12.8 Å². The smallest absolute Gasteiger partial charge is 0.295 e. The van der Waals surface area contributed by atoms with Crippen molar-refractivity contribution < 1.29 is 9.63 Å². The van der Waals surface area contributed by atoms with E-state index in [1.54, 1.807) is 17.1 Å². The average molecular weight is 238 g/mol. The number of rotatable bonds is 5. The molecule has 1 amide bonds. The van der Waals surface area contributed by atoms with E-state index in [-0.39, 0.29) is 12.0 Å². The highest BCUT2D eigenvalue weighted by Crippen LogP contribution is 2.19. The highest BCUT2D eigenvalue weighted by atomic mass is 16.7. The van der Waals surface area contributed by atoms with Gasteiger partial charge in [0.2, 0.25) is 0 Å². The minimum atomic E-state index is -0.298. The van der Waals surface area contributed by atoms with Gasteiger partial charge in [-0.25, -0.2) is 10.5 Å². The predicted octanol–water partition coefficient (Wildman–Crippen LogP) is 0.446. The van der Waals surface area contributed by atoms with Crippen molar-refractivity contribution in [2.45, 2.75) is 38.3 Å². The van der Waals surface area contributed by atoms with Crippen LogP contribution < -0.4 is 11.2 Å². The Morgan fingerprint density at radius 1 is 1.59 bits per heavy atom. The standard InChI is InChI=1S/C11H18N4O2/c12-5-6-15-7-10(13-8-15)11(16)14-17-9-3-1-2-4-9/h7-9H,1-6,12H2,(H,14,16). The molecule has 94 valence electrons. The molecule has 0 atom stereocenters. The first-order valence-electron chi connectivity index (χ1n) is 5.97. The van der Waals surface area contributed by atoms with Crippen LogP contribution in [0, 0.1) is 0 Å². The van der Waals surface area contributed by atoms with Crippen molar-refractivity contribution in [3.63, 3.8) is 0 Å². The molecule has 0 radical (unpaired) electrons. The van der Waals surface area contributed by atoms with Crippen LogP contribution in [0.4, 0.5) is 0 Å². The van der Waals surface area contributed by atoms with Gasteiger partial charge in [-0.1, -0.05) is 12.8 Å². The normalized spacial score (nSPS) is 16.3. The van der Waals surface area contributed by atoms with Crippen molar-refractivity contribution in [2.24, 2.45) is 5.73 Å². The number of hydrogen-bond acceptors (Lipinski definition) is 4. The molecule has 2 rings (SSSR count). The van der Waals surface area contributed by atoms with E-state index in [4.69, 9.17) is 10.6 Å². The summed E-state index contributed by atoms with van der Waals surface area (Å²) < 4.78 is 1.78. The first-order valence-corrected chi connectivity index (χ1v) is 5.97. The lowest BCUT2D eigenvalue weighted by atomic mass is 10.3. The van der Waals surface area contributed by atoms with Crippen LogP contribution in [0.15, 0.2) is 12.5 Å². The van der Waals surface area contributed by atoms with Crippen molar-refractivity contribution >= 4 is 5.91 Å². The van der Waals surface area contributed by atoms with Gasteiger partial charge in [0.05, 0.1) is 12.4 Å². The number of imidazole rings is 1. The molecule has 0 aliphatic heterocycles. The molecule has 3 N–H and O–H groups in total. The summed E-state index contributed by atoms with van der Waals surface area (Å²) >= 11 is 0. The van der Waals surface area contributed by atoms with Gasteiger partial charge in [-0.3, -0.25) is 9.63 Å². The van der Waals surface area contributed by atoms with E-state index < -0.39 is 0 Å². The Balaban J connectivity index is 1.81. The van der Waals surface area contributed by atoms with Gasteiger partial charge in [0.25, 0.3) is 5.91 Å². The Hall–Kier alpha value is -1.40. The van der Waals surface area contributed by atoms with Crippen LogP contribution in [-0.2, 0) is 11.4 Å². The Bertz CT molecular complexity index is 371. The van der Waals surface area contributed by atoms with E-state index in [2.05, 4.69) is 10.5 Å². The summed E-state index contributed by atoms with van der Waals surface area (Å²) in [5, 5.41) is 0. The number of nitrogens with one attached hydrogen (secondary N) is 1. The first kappa shape index (κ1) is 12.1. The molecular weight excluding hydrogens is 220 g/mol. The lowest BCUT2D eigenvalue weighted by Crippen LogP contribution is -2.28. The number of hydroxylamine groups is 1. The van der Waals surface area contributed by atoms with Crippen molar-refractivity contribution in [3.8, 4) is 0 Å². The largest absolute Gasteiger partial charge is 0.335 e. The second-order valence-corrected chi connectivity index (χ2v) is 4.24. The van der Waals surface area contributed by atoms with E-state index in [1.807, 2.05) is 0 Å². The first-order chi connectivity index (χ1) is 8.29. The molecule has 1 aromatic rings. The van der Waals surface area contributed by atoms with Crippen LogP contribution in [0.1, 0.15) is 36.2 Å². The zero-order chi connectivity index (χ0) is 12.1. The number of carbonyl (C=O) groups excluding carboxylic acids is 1. The third kappa shape index (κ3) is 3.28. The maximum absolute atomic E-state index is 11.7. The summed E-state index contributed by atoms with van der Waals surface area (Å²) in [5.41, 5.74) is 8.22. The predicted molar refractivity (Wildman–Crippen MR) is 62.1 cm³/mol. The third-order valence-electron chi connectivity index (χ3n) is 2.87. The zero-order valence-electron chi connectivity index (χ0n) is 9.76. The van der Waals surface area contributed by atoms with Crippen LogP contribution in [0.5, 0.6) is 0 Å². The quantitative estimate of drug-likeness (QED) is 0.729. The van der Waals surface area contributed by atoms with Crippen molar-refractivity contribution in [1.29, 1.82) is 0 Å². The van der Waals surface area contributed by atoms with Crippen LogP contribution >= 0.6 is 0 Å². The Labute approximate surface area is 100 Å².